The molecule has 1 saturated carbocycles. The van der Waals surface area contributed by atoms with E-state index in [9.17, 15) is 4.79 Å². The Morgan fingerprint density at radius 1 is 1.00 bits per heavy atom. The van der Waals surface area contributed by atoms with Gasteiger partial charge in [-0.15, -0.1) is 0 Å². The zero-order valence-corrected chi connectivity index (χ0v) is 13.9. The molecule has 1 amide bonds. The lowest BCUT2D eigenvalue weighted by atomic mass is 9.82. The van der Waals surface area contributed by atoms with E-state index < -0.39 is 0 Å². The van der Waals surface area contributed by atoms with Gasteiger partial charge in [-0.25, -0.2) is 0 Å². The van der Waals surface area contributed by atoms with Crippen LogP contribution in [0.15, 0.2) is 4.99 Å². The molecular weight excluding hydrogens is 276 g/mol. The van der Waals surface area contributed by atoms with Crippen LogP contribution in [0.25, 0.3) is 0 Å². The van der Waals surface area contributed by atoms with Gasteiger partial charge >= 0.3 is 0 Å². The van der Waals surface area contributed by atoms with Crippen LogP contribution in [0.3, 0.4) is 0 Å². The van der Waals surface area contributed by atoms with Gasteiger partial charge in [-0.05, 0) is 43.9 Å². The molecule has 5 heteroatoms. The lowest BCUT2D eigenvalue weighted by molar-refractivity contribution is -0.130. The summed E-state index contributed by atoms with van der Waals surface area (Å²) in [7, 11) is 1.83. The maximum Gasteiger partial charge on any atom is 0.241 e. The third kappa shape index (κ3) is 3.55. The largest absolute Gasteiger partial charge is 0.347 e. The molecule has 2 saturated heterocycles. The van der Waals surface area contributed by atoms with E-state index in [4.69, 9.17) is 0 Å². The van der Waals surface area contributed by atoms with Crippen LogP contribution in [0.1, 0.15) is 44.9 Å². The fourth-order valence-corrected chi connectivity index (χ4v) is 4.32. The van der Waals surface area contributed by atoms with E-state index in [1.54, 1.807) is 0 Å². The molecule has 0 aromatic heterocycles. The monoisotopic (exact) mass is 306 g/mol. The average molecular weight is 306 g/mol. The SMILES string of the molecule is CN=C(NCC(=O)N1CCCCC1)N1CC2CCCCC2C1. The molecule has 124 valence electrons. The standard InChI is InChI=1S/C17H30N4O/c1-18-17(19-11-16(22)20-9-5-2-6-10-20)21-12-14-7-3-4-8-15(14)13-21/h14-15H,2-13H2,1H3,(H,18,19). The fourth-order valence-electron chi connectivity index (χ4n) is 4.32. The summed E-state index contributed by atoms with van der Waals surface area (Å²) in [4.78, 5) is 21.0. The van der Waals surface area contributed by atoms with Crippen LogP contribution in [0.2, 0.25) is 0 Å². The minimum Gasteiger partial charge on any atom is -0.347 e. The predicted molar refractivity (Wildman–Crippen MR) is 88.8 cm³/mol. The summed E-state index contributed by atoms with van der Waals surface area (Å²) < 4.78 is 0. The number of likely N-dealkylation sites (tertiary alicyclic amines) is 2. The van der Waals surface area contributed by atoms with Gasteiger partial charge in [0.2, 0.25) is 5.91 Å². The molecule has 1 aliphatic carbocycles. The van der Waals surface area contributed by atoms with Crippen molar-refractivity contribution in [1.82, 2.24) is 15.1 Å². The zero-order chi connectivity index (χ0) is 15.4. The van der Waals surface area contributed by atoms with Gasteiger partial charge in [-0.1, -0.05) is 12.8 Å². The van der Waals surface area contributed by atoms with E-state index >= 15 is 0 Å². The Labute approximate surface area is 134 Å². The van der Waals surface area contributed by atoms with E-state index in [0.717, 1.165) is 56.8 Å². The highest BCUT2D eigenvalue weighted by Gasteiger charge is 2.35. The average Bonchev–Trinajstić information content (AvgIpc) is 3.00. The topological polar surface area (TPSA) is 47.9 Å². The van der Waals surface area contributed by atoms with E-state index in [1.165, 1.54) is 32.1 Å². The molecule has 5 nitrogen and oxygen atoms in total. The van der Waals surface area contributed by atoms with E-state index in [-0.39, 0.29) is 5.91 Å². The van der Waals surface area contributed by atoms with Crippen molar-refractivity contribution in [2.45, 2.75) is 44.9 Å². The Balaban J connectivity index is 1.49. The van der Waals surface area contributed by atoms with Gasteiger partial charge in [0.15, 0.2) is 5.96 Å². The molecule has 2 atom stereocenters. The third-order valence-corrected chi connectivity index (χ3v) is 5.59. The molecule has 0 radical (unpaired) electrons. The summed E-state index contributed by atoms with van der Waals surface area (Å²) in [6, 6.07) is 0. The Morgan fingerprint density at radius 2 is 1.64 bits per heavy atom. The lowest BCUT2D eigenvalue weighted by Crippen LogP contribution is -2.47. The fraction of sp³-hybridized carbons (Fsp3) is 0.882. The zero-order valence-electron chi connectivity index (χ0n) is 13.9. The van der Waals surface area contributed by atoms with Crippen molar-refractivity contribution >= 4 is 11.9 Å². The van der Waals surface area contributed by atoms with Gasteiger partial charge in [-0.2, -0.15) is 0 Å². The van der Waals surface area contributed by atoms with Gasteiger partial charge in [0.1, 0.15) is 0 Å². The first-order chi connectivity index (χ1) is 10.8. The molecule has 22 heavy (non-hydrogen) atoms. The summed E-state index contributed by atoms with van der Waals surface area (Å²) in [5.74, 6) is 2.81. The van der Waals surface area contributed by atoms with E-state index in [2.05, 4.69) is 15.2 Å². The first-order valence-corrected chi connectivity index (χ1v) is 9.01. The number of piperidine rings is 1. The van der Waals surface area contributed by atoms with Gasteiger partial charge in [0, 0.05) is 33.2 Å². The van der Waals surface area contributed by atoms with Crippen molar-refractivity contribution in [1.29, 1.82) is 0 Å². The summed E-state index contributed by atoms with van der Waals surface area (Å²) in [5, 5.41) is 3.30. The molecule has 2 aliphatic heterocycles. The van der Waals surface area contributed by atoms with Crippen LogP contribution < -0.4 is 5.32 Å². The van der Waals surface area contributed by atoms with Crippen LogP contribution >= 0.6 is 0 Å². The number of aliphatic imine (C=N–C) groups is 1. The molecule has 0 bridgehead atoms. The van der Waals surface area contributed by atoms with Crippen molar-refractivity contribution in [3.05, 3.63) is 0 Å². The van der Waals surface area contributed by atoms with Crippen LogP contribution in [0.5, 0.6) is 0 Å². The molecule has 0 aromatic rings. The maximum atomic E-state index is 12.3. The second-order valence-electron chi connectivity index (χ2n) is 7.05. The molecular formula is C17H30N4O. The normalized spacial score (nSPS) is 29.4. The molecule has 2 unspecified atom stereocenters. The Kier molecular flexibility index (Phi) is 5.21. The van der Waals surface area contributed by atoms with Crippen molar-refractivity contribution < 1.29 is 4.79 Å². The van der Waals surface area contributed by atoms with E-state index in [1.807, 2.05) is 11.9 Å². The van der Waals surface area contributed by atoms with Crippen molar-refractivity contribution in [2.75, 3.05) is 39.8 Å². The number of fused-ring (bicyclic) bond motifs is 1. The van der Waals surface area contributed by atoms with Crippen molar-refractivity contribution in [3.8, 4) is 0 Å². The number of rotatable bonds is 2. The van der Waals surface area contributed by atoms with Crippen LogP contribution in [0, 0.1) is 11.8 Å². The first-order valence-electron chi connectivity index (χ1n) is 9.01. The second-order valence-corrected chi connectivity index (χ2v) is 7.05. The summed E-state index contributed by atoms with van der Waals surface area (Å²) >= 11 is 0. The molecule has 3 rings (SSSR count). The smallest absolute Gasteiger partial charge is 0.241 e. The summed E-state index contributed by atoms with van der Waals surface area (Å²) in [6.45, 7) is 4.46. The number of amides is 1. The number of nitrogens with one attached hydrogen (secondary N) is 1. The molecule has 0 spiro atoms. The molecule has 2 heterocycles. The minimum absolute atomic E-state index is 0.220. The summed E-state index contributed by atoms with van der Waals surface area (Å²) in [5.41, 5.74) is 0. The molecule has 1 N–H and O–H groups in total. The van der Waals surface area contributed by atoms with Gasteiger partial charge in [0.05, 0.1) is 6.54 Å². The number of guanidine groups is 1. The number of carbonyl (C=O) groups is 1. The Hall–Kier alpha value is -1.26. The molecule has 3 fully saturated rings. The minimum atomic E-state index is 0.220. The van der Waals surface area contributed by atoms with Crippen LogP contribution in [-0.2, 0) is 4.79 Å². The van der Waals surface area contributed by atoms with Gasteiger partial charge in [0.25, 0.3) is 0 Å². The second kappa shape index (κ2) is 7.34. The van der Waals surface area contributed by atoms with Crippen molar-refractivity contribution in [2.24, 2.45) is 16.8 Å². The lowest BCUT2D eigenvalue weighted by Gasteiger charge is -2.28. The van der Waals surface area contributed by atoms with Crippen LogP contribution in [-0.4, -0.2) is 61.4 Å². The van der Waals surface area contributed by atoms with E-state index in [0.29, 0.717) is 6.54 Å². The quantitative estimate of drug-likeness (QED) is 0.624. The Morgan fingerprint density at radius 3 is 2.23 bits per heavy atom. The number of hydrogen-bond acceptors (Lipinski definition) is 2. The van der Waals surface area contributed by atoms with Crippen LogP contribution in [0.4, 0.5) is 0 Å². The first kappa shape index (κ1) is 15.6. The van der Waals surface area contributed by atoms with Crippen molar-refractivity contribution in [3.63, 3.8) is 0 Å². The van der Waals surface area contributed by atoms with Gasteiger partial charge in [-0.3, -0.25) is 9.79 Å². The highest BCUT2D eigenvalue weighted by molar-refractivity contribution is 5.86. The maximum absolute atomic E-state index is 12.3. The van der Waals surface area contributed by atoms with Gasteiger partial charge < -0.3 is 15.1 Å². The number of hydrogen-bond donors (Lipinski definition) is 1. The summed E-state index contributed by atoms with van der Waals surface area (Å²) in [6.07, 6.45) is 9.06. The molecule has 3 aliphatic rings. The highest BCUT2D eigenvalue weighted by atomic mass is 16.2. The number of carbonyl (C=O) groups excluding carboxylic acids is 1. The Bertz CT molecular complexity index is 403. The predicted octanol–water partition coefficient (Wildman–Crippen LogP) is 1.70. The highest BCUT2D eigenvalue weighted by Crippen LogP contribution is 2.35. The third-order valence-electron chi connectivity index (χ3n) is 5.59. The molecule has 0 aromatic carbocycles. The number of nitrogens with zero attached hydrogens (tertiary/aromatic N) is 3.